The van der Waals surface area contributed by atoms with E-state index < -0.39 is 12.2 Å². The molecule has 128 valence electrons. The van der Waals surface area contributed by atoms with Crippen LogP contribution in [0.3, 0.4) is 0 Å². The van der Waals surface area contributed by atoms with Crippen LogP contribution in [0, 0.1) is 11.3 Å². The van der Waals surface area contributed by atoms with Crippen LogP contribution in [0.15, 0.2) is 54.6 Å². The third kappa shape index (κ3) is 5.25. The molecule has 2 aromatic carbocycles. The smallest absolute Gasteiger partial charge is 0.419 e. The Kier molecular flexibility index (Phi) is 6.37. The number of benzene rings is 2. The largest absolute Gasteiger partial charge is 0.453 e. The number of nitrogens with zero attached hydrogens (tertiary/aromatic N) is 2. The lowest BCUT2D eigenvalue weighted by Crippen LogP contribution is -2.34. The van der Waals surface area contributed by atoms with Gasteiger partial charge in [0, 0.05) is 24.0 Å². The van der Waals surface area contributed by atoms with E-state index in [9.17, 15) is 9.59 Å². The molecule has 0 heterocycles. The third-order valence-electron chi connectivity index (χ3n) is 3.21. The fourth-order valence-electron chi connectivity index (χ4n) is 2.06. The number of para-hydroxylation sites is 1. The monoisotopic (exact) mass is 339 g/mol. The molecule has 0 aliphatic heterocycles. The van der Waals surface area contributed by atoms with E-state index in [1.807, 2.05) is 12.1 Å². The van der Waals surface area contributed by atoms with Crippen molar-refractivity contribution >= 4 is 23.6 Å². The van der Waals surface area contributed by atoms with Crippen molar-refractivity contribution in [1.82, 2.24) is 0 Å². The highest BCUT2D eigenvalue weighted by Crippen LogP contribution is 2.21. The second kappa shape index (κ2) is 8.93. The molecule has 0 saturated carbocycles. The molecule has 0 unspecified atom stereocenters. The lowest BCUT2D eigenvalue weighted by molar-refractivity contribution is 0.187. The number of anilines is 2. The van der Waals surface area contributed by atoms with E-state index in [2.05, 4.69) is 10.1 Å². The number of ether oxygens (including phenoxy) is 2. The minimum atomic E-state index is -0.622. The molecule has 2 rings (SSSR count). The summed E-state index contributed by atoms with van der Waals surface area (Å²) in [6.45, 7) is 0.208. The van der Waals surface area contributed by atoms with Crippen LogP contribution >= 0.6 is 0 Å². The van der Waals surface area contributed by atoms with Gasteiger partial charge in [0.25, 0.3) is 0 Å². The van der Waals surface area contributed by atoms with Gasteiger partial charge in [-0.15, -0.1) is 0 Å². The molecular weight excluding hydrogens is 322 g/mol. The van der Waals surface area contributed by atoms with Gasteiger partial charge >= 0.3 is 12.2 Å². The summed E-state index contributed by atoms with van der Waals surface area (Å²) >= 11 is 0. The Morgan fingerprint density at radius 2 is 1.92 bits per heavy atom. The molecule has 0 saturated heterocycles. The maximum Gasteiger partial charge on any atom is 0.419 e. The van der Waals surface area contributed by atoms with Crippen LogP contribution in [0.5, 0.6) is 5.75 Å². The molecule has 0 radical (unpaired) electrons. The van der Waals surface area contributed by atoms with Crippen LogP contribution in [0.4, 0.5) is 21.0 Å². The highest BCUT2D eigenvalue weighted by atomic mass is 16.6. The van der Waals surface area contributed by atoms with Crippen molar-refractivity contribution < 1.29 is 19.1 Å². The first-order chi connectivity index (χ1) is 12.1. The summed E-state index contributed by atoms with van der Waals surface area (Å²) in [5.74, 6) is 0.261. The van der Waals surface area contributed by atoms with E-state index in [4.69, 9.17) is 10.00 Å². The lowest BCUT2D eigenvalue weighted by atomic mass is 10.3. The van der Waals surface area contributed by atoms with Gasteiger partial charge in [0.2, 0.25) is 0 Å². The normalized spacial score (nSPS) is 9.60. The molecule has 2 amide bonds. The van der Waals surface area contributed by atoms with E-state index in [1.54, 1.807) is 42.5 Å². The van der Waals surface area contributed by atoms with Gasteiger partial charge in [-0.25, -0.2) is 9.59 Å². The highest BCUT2D eigenvalue weighted by Gasteiger charge is 2.18. The van der Waals surface area contributed by atoms with Gasteiger partial charge in [-0.1, -0.05) is 24.3 Å². The predicted octanol–water partition coefficient (Wildman–Crippen LogP) is 3.78. The quantitative estimate of drug-likeness (QED) is 0.895. The Labute approximate surface area is 145 Å². The summed E-state index contributed by atoms with van der Waals surface area (Å²) < 4.78 is 9.89. The fourth-order valence-corrected chi connectivity index (χ4v) is 2.06. The number of amides is 2. The highest BCUT2D eigenvalue weighted by molar-refractivity contribution is 5.89. The topological polar surface area (TPSA) is 91.7 Å². The summed E-state index contributed by atoms with van der Waals surface area (Å²) in [6, 6.07) is 17.3. The average molecular weight is 339 g/mol. The molecule has 0 bridgehead atoms. The van der Waals surface area contributed by atoms with E-state index in [1.165, 1.54) is 18.1 Å². The summed E-state index contributed by atoms with van der Waals surface area (Å²) in [4.78, 5) is 25.1. The molecule has 0 fully saturated rings. The van der Waals surface area contributed by atoms with Gasteiger partial charge in [0.05, 0.1) is 19.6 Å². The zero-order valence-electron chi connectivity index (χ0n) is 13.6. The minimum absolute atomic E-state index is 0.175. The van der Waals surface area contributed by atoms with E-state index in [-0.39, 0.29) is 18.7 Å². The van der Waals surface area contributed by atoms with Crippen molar-refractivity contribution in [1.29, 1.82) is 5.26 Å². The maximum atomic E-state index is 12.5. The van der Waals surface area contributed by atoms with E-state index >= 15 is 0 Å². The van der Waals surface area contributed by atoms with E-state index in [0.29, 0.717) is 11.4 Å². The van der Waals surface area contributed by atoms with Crippen molar-refractivity contribution in [2.75, 3.05) is 23.9 Å². The van der Waals surface area contributed by atoms with Crippen LogP contribution < -0.4 is 15.0 Å². The van der Waals surface area contributed by atoms with Crippen molar-refractivity contribution in [3.05, 3.63) is 54.6 Å². The minimum Gasteiger partial charge on any atom is -0.453 e. The summed E-state index contributed by atoms with van der Waals surface area (Å²) in [5, 5.41) is 11.3. The Bertz CT molecular complexity index is 771. The first-order valence-electron chi connectivity index (χ1n) is 7.50. The van der Waals surface area contributed by atoms with Gasteiger partial charge < -0.3 is 9.47 Å². The molecule has 2 aromatic rings. The molecule has 0 aliphatic rings. The van der Waals surface area contributed by atoms with Crippen molar-refractivity contribution in [3.8, 4) is 11.8 Å². The van der Waals surface area contributed by atoms with Gasteiger partial charge in [-0.05, 0) is 24.3 Å². The SMILES string of the molecule is COC(=O)Nc1cccc(OC(=O)N(CCC#N)c2ccccc2)c1. The number of carbonyl (C=O) groups excluding carboxylic acids is 2. The predicted molar refractivity (Wildman–Crippen MR) is 92.5 cm³/mol. The number of rotatable bonds is 5. The summed E-state index contributed by atoms with van der Waals surface area (Å²) in [7, 11) is 1.26. The average Bonchev–Trinajstić information content (AvgIpc) is 2.63. The van der Waals surface area contributed by atoms with Crippen LogP contribution in [0.25, 0.3) is 0 Å². The van der Waals surface area contributed by atoms with Crippen LogP contribution in [0.2, 0.25) is 0 Å². The molecule has 0 atom stereocenters. The molecule has 7 heteroatoms. The molecule has 0 aromatic heterocycles. The number of nitriles is 1. The van der Waals surface area contributed by atoms with Gasteiger partial charge in [-0.2, -0.15) is 5.26 Å². The second-order valence-corrected chi connectivity index (χ2v) is 4.91. The third-order valence-corrected chi connectivity index (χ3v) is 3.21. The second-order valence-electron chi connectivity index (χ2n) is 4.91. The van der Waals surface area contributed by atoms with Crippen LogP contribution in [0.1, 0.15) is 6.42 Å². The van der Waals surface area contributed by atoms with Crippen LogP contribution in [-0.4, -0.2) is 25.8 Å². The van der Waals surface area contributed by atoms with E-state index in [0.717, 1.165) is 0 Å². The Hall–Kier alpha value is -3.53. The van der Waals surface area contributed by atoms with Crippen molar-refractivity contribution in [2.24, 2.45) is 0 Å². The van der Waals surface area contributed by atoms with Gasteiger partial charge in [-0.3, -0.25) is 10.2 Å². The number of hydrogen-bond acceptors (Lipinski definition) is 5. The number of carbonyl (C=O) groups is 2. The summed E-state index contributed by atoms with van der Waals surface area (Å²) in [5.41, 5.74) is 1.06. The molecule has 0 spiro atoms. The number of nitrogens with one attached hydrogen (secondary N) is 1. The zero-order valence-corrected chi connectivity index (χ0v) is 13.6. The van der Waals surface area contributed by atoms with Gasteiger partial charge in [0.1, 0.15) is 5.75 Å². The molecule has 0 aliphatic carbocycles. The molecule has 1 N–H and O–H groups in total. The zero-order chi connectivity index (χ0) is 18.1. The Morgan fingerprint density at radius 3 is 2.60 bits per heavy atom. The maximum absolute atomic E-state index is 12.5. The van der Waals surface area contributed by atoms with Crippen molar-refractivity contribution in [3.63, 3.8) is 0 Å². The number of methoxy groups -OCH3 is 1. The Morgan fingerprint density at radius 1 is 1.16 bits per heavy atom. The lowest BCUT2D eigenvalue weighted by Gasteiger charge is -2.21. The molecule has 25 heavy (non-hydrogen) atoms. The first-order valence-corrected chi connectivity index (χ1v) is 7.50. The summed E-state index contributed by atoms with van der Waals surface area (Å²) in [6.07, 6.45) is -1.06. The van der Waals surface area contributed by atoms with Crippen LogP contribution in [-0.2, 0) is 4.74 Å². The standard InChI is InChI=1S/C18H17N3O4/c1-24-17(22)20-14-7-5-10-16(13-14)25-18(23)21(12-6-11-19)15-8-3-2-4-9-15/h2-5,7-10,13H,6,12H2,1H3,(H,20,22). The fraction of sp³-hybridized carbons (Fsp3) is 0.167. The number of hydrogen-bond donors (Lipinski definition) is 1. The first kappa shape index (κ1) is 17.8. The molecule has 7 nitrogen and oxygen atoms in total. The molecular formula is C18H17N3O4. The Balaban J connectivity index is 2.14. The van der Waals surface area contributed by atoms with Gasteiger partial charge in [0.15, 0.2) is 0 Å². The van der Waals surface area contributed by atoms with Crippen molar-refractivity contribution in [2.45, 2.75) is 6.42 Å².